The highest BCUT2D eigenvalue weighted by Gasteiger charge is 2.02. The highest BCUT2D eigenvalue weighted by molar-refractivity contribution is 9.09. The third-order valence-corrected chi connectivity index (χ3v) is 4.40. The van der Waals surface area contributed by atoms with Gasteiger partial charge in [-0.15, -0.1) is 0 Å². The molecule has 0 fully saturated rings. The summed E-state index contributed by atoms with van der Waals surface area (Å²) < 4.78 is 38.9. The van der Waals surface area contributed by atoms with Crippen molar-refractivity contribution >= 4 is 53.8 Å². The van der Waals surface area contributed by atoms with Gasteiger partial charge in [0.15, 0.2) is 6.29 Å². The van der Waals surface area contributed by atoms with E-state index in [0.717, 1.165) is 17.8 Å². The molecule has 0 aliphatic rings. The first kappa shape index (κ1) is 27.9. The molecule has 26 heavy (non-hydrogen) atoms. The fourth-order valence-electron chi connectivity index (χ4n) is 1.25. The topological polar surface area (TPSA) is 44.8 Å². The van der Waals surface area contributed by atoms with E-state index in [0.29, 0.717) is 21.8 Å². The van der Waals surface area contributed by atoms with E-state index < -0.39 is 11.6 Å². The minimum Gasteiger partial charge on any atom is -0.466 e. The molecule has 1 aromatic carbocycles. The highest BCUT2D eigenvalue weighted by atomic mass is 79.9. The summed E-state index contributed by atoms with van der Waals surface area (Å²) in [4.78, 5) is 10.4. The molecule has 150 valence electrons. The van der Waals surface area contributed by atoms with E-state index in [1.165, 1.54) is 19.2 Å². The summed E-state index contributed by atoms with van der Waals surface area (Å²) in [6.07, 6.45) is 0.849. The molecule has 4 nitrogen and oxygen atoms in total. The average molecular weight is 569 g/mol. The van der Waals surface area contributed by atoms with E-state index in [1.807, 2.05) is 0 Å². The second-order valence-corrected chi connectivity index (χ2v) is 6.39. The van der Waals surface area contributed by atoms with Crippen LogP contribution in [0.3, 0.4) is 0 Å². The second kappa shape index (κ2) is 18.0. The lowest BCUT2D eigenvalue weighted by Crippen LogP contribution is -2.12. The molecule has 9 heteroatoms. The minimum absolute atomic E-state index is 0.0469. The van der Waals surface area contributed by atoms with Crippen LogP contribution in [-0.2, 0) is 24.3 Å². The lowest BCUT2D eigenvalue weighted by molar-refractivity contribution is -0.135. The molecule has 0 amide bonds. The molecule has 0 spiro atoms. The largest absolute Gasteiger partial charge is 0.466 e. The van der Waals surface area contributed by atoms with Gasteiger partial charge < -0.3 is 14.2 Å². The lowest BCUT2D eigenvalue weighted by Gasteiger charge is -2.09. The standard InChI is InChI=1S/C7H5BrF2.C5H11BrO2.C5H7BrO2/c8-4-5-1-2-6(9)3-7(5)10;1-7-5(8-2)3-4-6;1-4(3-6)5(7)8-2/h1-3H,4H2;5H,3-4H2,1-2H3;1,3H2,2H3. The monoisotopic (exact) mass is 566 g/mol. The summed E-state index contributed by atoms with van der Waals surface area (Å²) in [6.45, 7) is 3.42. The summed E-state index contributed by atoms with van der Waals surface area (Å²) in [5, 5.41) is 1.80. The Morgan fingerprint density at radius 2 is 1.73 bits per heavy atom. The van der Waals surface area contributed by atoms with Crippen molar-refractivity contribution in [2.24, 2.45) is 0 Å². The predicted molar refractivity (Wildman–Crippen MR) is 110 cm³/mol. The molecule has 0 unspecified atom stereocenters. The SMILES string of the molecule is C=C(CBr)C(=O)OC.COC(CCBr)OC.Fc1ccc(CBr)c(F)c1. The zero-order chi connectivity index (χ0) is 20.5. The van der Waals surface area contributed by atoms with Crippen LogP contribution in [0.15, 0.2) is 30.4 Å². The first-order valence-corrected chi connectivity index (χ1v) is 10.6. The van der Waals surface area contributed by atoms with Crippen LogP contribution < -0.4 is 0 Å². The van der Waals surface area contributed by atoms with Gasteiger partial charge in [-0.3, -0.25) is 0 Å². The third-order valence-electron chi connectivity index (χ3n) is 2.67. The normalized spacial score (nSPS) is 9.58. The van der Waals surface area contributed by atoms with Crippen LogP contribution in [-0.4, -0.2) is 44.2 Å². The number of methoxy groups -OCH3 is 3. The number of halogens is 5. The van der Waals surface area contributed by atoms with Crippen molar-refractivity contribution in [3.05, 3.63) is 47.5 Å². The molecule has 0 saturated heterocycles. The first-order valence-electron chi connectivity index (χ1n) is 7.24. The number of alkyl halides is 3. The summed E-state index contributed by atoms with van der Waals surface area (Å²) in [6, 6.07) is 3.52. The Kier molecular flexibility index (Phi) is 19.3. The minimum atomic E-state index is -0.540. The number of benzene rings is 1. The zero-order valence-corrected chi connectivity index (χ0v) is 19.6. The van der Waals surface area contributed by atoms with Gasteiger partial charge in [-0.2, -0.15) is 0 Å². The molecule has 0 atom stereocenters. The molecule has 0 aliphatic heterocycles. The number of carbonyl (C=O) groups excluding carboxylic acids is 1. The van der Waals surface area contributed by atoms with Gasteiger partial charge in [-0.25, -0.2) is 13.6 Å². The molecule has 0 N–H and O–H groups in total. The Balaban J connectivity index is 0. The Morgan fingerprint density at radius 1 is 1.15 bits per heavy atom. The van der Waals surface area contributed by atoms with Gasteiger partial charge in [0.1, 0.15) is 11.6 Å². The van der Waals surface area contributed by atoms with E-state index in [4.69, 9.17) is 9.47 Å². The average Bonchev–Trinajstić information content (AvgIpc) is 2.65. The zero-order valence-electron chi connectivity index (χ0n) is 14.9. The molecule has 1 aromatic rings. The summed E-state index contributed by atoms with van der Waals surface area (Å²) in [5.41, 5.74) is 0.911. The molecular formula is C17H23Br3F2O4. The van der Waals surface area contributed by atoms with Gasteiger partial charge >= 0.3 is 5.97 Å². The second-order valence-electron chi connectivity index (χ2n) is 4.48. The van der Waals surface area contributed by atoms with Gasteiger partial charge in [-0.1, -0.05) is 60.4 Å². The van der Waals surface area contributed by atoms with Crippen molar-refractivity contribution in [1.82, 2.24) is 0 Å². The van der Waals surface area contributed by atoms with E-state index in [1.54, 1.807) is 14.2 Å². The van der Waals surface area contributed by atoms with Crippen LogP contribution in [0, 0.1) is 11.6 Å². The predicted octanol–water partition coefficient (Wildman–Crippen LogP) is 5.36. The Hall–Kier alpha value is -0.350. The molecule has 0 radical (unpaired) electrons. The molecule has 0 aliphatic carbocycles. The number of hydrogen-bond donors (Lipinski definition) is 0. The van der Waals surface area contributed by atoms with Crippen LogP contribution in [0.5, 0.6) is 0 Å². The fourth-order valence-corrected chi connectivity index (χ4v) is 2.31. The fraction of sp³-hybridized carbons (Fsp3) is 0.471. The Morgan fingerprint density at radius 3 is 2.00 bits per heavy atom. The van der Waals surface area contributed by atoms with Gasteiger partial charge in [0.05, 0.1) is 7.11 Å². The first-order chi connectivity index (χ1) is 12.3. The van der Waals surface area contributed by atoms with Crippen LogP contribution in [0.2, 0.25) is 0 Å². The van der Waals surface area contributed by atoms with Crippen LogP contribution in [0.25, 0.3) is 0 Å². The Labute approximate surface area is 178 Å². The van der Waals surface area contributed by atoms with Crippen molar-refractivity contribution in [2.45, 2.75) is 18.0 Å². The smallest absolute Gasteiger partial charge is 0.333 e. The van der Waals surface area contributed by atoms with Gasteiger partial charge in [0, 0.05) is 48.3 Å². The van der Waals surface area contributed by atoms with Crippen molar-refractivity contribution in [3.63, 3.8) is 0 Å². The highest BCUT2D eigenvalue weighted by Crippen LogP contribution is 2.11. The van der Waals surface area contributed by atoms with E-state index in [-0.39, 0.29) is 12.3 Å². The van der Waals surface area contributed by atoms with Crippen LogP contribution in [0.4, 0.5) is 8.78 Å². The summed E-state index contributed by atoms with van der Waals surface area (Å²) >= 11 is 9.40. The molecule has 0 aromatic heterocycles. The molecule has 0 bridgehead atoms. The quantitative estimate of drug-likeness (QED) is 0.192. The molecule has 0 heterocycles. The number of ether oxygens (including phenoxy) is 3. The number of esters is 1. The molecule has 1 rings (SSSR count). The van der Waals surface area contributed by atoms with Gasteiger partial charge in [0.2, 0.25) is 0 Å². The number of hydrogen-bond acceptors (Lipinski definition) is 4. The summed E-state index contributed by atoms with van der Waals surface area (Å²) in [5.74, 6) is -1.40. The third kappa shape index (κ3) is 13.8. The maximum Gasteiger partial charge on any atom is 0.333 e. The molecule has 0 saturated carbocycles. The summed E-state index contributed by atoms with van der Waals surface area (Å²) in [7, 11) is 4.60. The lowest BCUT2D eigenvalue weighted by atomic mass is 10.2. The van der Waals surface area contributed by atoms with Crippen molar-refractivity contribution in [2.75, 3.05) is 32.0 Å². The van der Waals surface area contributed by atoms with Crippen LogP contribution in [0.1, 0.15) is 12.0 Å². The van der Waals surface area contributed by atoms with E-state index >= 15 is 0 Å². The molecular weight excluding hydrogens is 546 g/mol. The van der Waals surface area contributed by atoms with Gasteiger partial charge in [0.25, 0.3) is 0 Å². The van der Waals surface area contributed by atoms with Crippen LogP contribution >= 0.6 is 47.8 Å². The maximum absolute atomic E-state index is 12.6. The van der Waals surface area contributed by atoms with Crippen molar-refractivity contribution in [1.29, 1.82) is 0 Å². The van der Waals surface area contributed by atoms with Crippen molar-refractivity contribution < 1.29 is 27.8 Å². The van der Waals surface area contributed by atoms with E-state index in [2.05, 4.69) is 59.1 Å². The number of carbonyl (C=O) groups is 1. The number of rotatable bonds is 7. The maximum atomic E-state index is 12.6. The van der Waals surface area contributed by atoms with Crippen molar-refractivity contribution in [3.8, 4) is 0 Å². The Bertz CT molecular complexity index is 513. The van der Waals surface area contributed by atoms with E-state index in [9.17, 15) is 13.6 Å². The van der Waals surface area contributed by atoms with Gasteiger partial charge in [-0.05, 0) is 11.6 Å².